The first-order valence-corrected chi connectivity index (χ1v) is 7.57. The second-order valence-corrected chi connectivity index (χ2v) is 5.88. The maximum Gasteiger partial charge on any atom is 0.234 e. The third-order valence-corrected chi connectivity index (χ3v) is 4.50. The van der Waals surface area contributed by atoms with E-state index < -0.39 is 0 Å². The summed E-state index contributed by atoms with van der Waals surface area (Å²) in [5.74, 6) is 0.993. The van der Waals surface area contributed by atoms with Crippen molar-refractivity contribution in [3.63, 3.8) is 0 Å². The molecule has 21 heavy (non-hydrogen) atoms. The number of nitrogens with one attached hydrogen (secondary N) is 2. The van der Waals surface area contributed by atoms with Gasteiger partial charge in [-0.2, -0.15) is 5.10 Å². The molecular weight excluding hydrogens is 288 g/mol. The fourth-order valence-electron chi connectivity index (χ4n) is 2.23. The molecule has 0 fully saturated rings. The summed E-state index contributed by atoms with van der Waals surface area (Å²) in [5.41, 5.74) is 2.85. The Morgan fingerprint density at radius 2 is 2.29 bits per heavy atom. The first-order valence-electron chi connectivity index (χ1n) is 6.59. The molecular formula is C13H16N6OS. The first kappa shape index (κ1) is 13.9. The van der Waals surface area contributed by atoms with Crippen LogP contribution in [0.1, 0.15) is 24.2 Å². The van der Waals surface area contributed by atoms with E-state index in [-0.39, 0.29) is 11.9 Å². The molecule has 0 saturated carbocycles. The van der Waals surface area contributed by atoms with Crippen molar-refractivity contribution in [2.45, 2.75) is 24.9 Å². The van der Waals surface area contributed by atoms with E-state index in [2.05, 4.69) is 25.7 Å². The Kier molecular flexibility index (Phi) is 3.54. The van der Waals surface area contributed by atoms with E-state index in [0.29, 0.717) is 17.3 Å². The van der Waals surface area contributed by atoms with Crippen LogP contribution in [0.25, 0.3) is 0 Å². The number of hydrogen-bond donors (Lipinski definition) is 2. The molecule has 110 valence electrons. The maximum absolute atomic E-state index is 11.6. The molecule has 1 unspecified atom stereocenters. The predicted octanol–water partition coefficient (Wildman–Crippen LogP) is 1.74. The van der Waals surface area contributed by atoms with Crippen LogP contribution >= 0.6 is 11.8 Å². The van der Waals surface area contributed by atoms with Crippen LogP contribution < -0.4 is 10.6 Å². The minimum Gasteiger partial charge on any atom is -0.362 e. The number of hydrogen-bond acceptors (Lipinski definition) is 6. The Bertz CT molecular complexity index is 698. The van der Waals surface area contributed by atoms with E-state index in [9.17, 15) is 4.79 Å². The van der Waals surface area contributed by atoms with E-state index in [4.69, 9.17) is 0 Å². The van der Waals surface area contributed by atoms with E-state index in [1.165, 1.54) is 18.1 Å². The van der Waals surface area contributed by atoms with Crippen molar-refractivity contribution in [1.82, 2.24) is 19.7 Å². The normalized spacial score (nSPS) is 15.3. The number of amides is 1. The van der Waals surface area contributed by atoms with Gasteiger partial charge in [0.1, 0.15) is 17.0 Å². The van der Waals surface area contributed by atoms with Gasteiger partial charge in [-0.3, -0.25) is 9.48 Å². The zero-order valence-electron chi connectivity index (χ0n) is 12.0. The van der Waals surface area contributed by atoms with Crippen LogP contribution in [0.15, 0.2) is 17.6 Å². The summed E-state index contributed by atoms with van der Waals surface area (Å²) in [7, 11) is 1.91. The molecule has 1 aliphatic heterocycles. The zero-order chi connectivity index (χ0) is 15.0. The highest BCUT2D eigenvalue weighted by Gasteiger charge is 2.22. The average molecular weight is 304 g/mol. The van der Waals surface area contributed by atoms with Gasteiger partial charge in [-0.25, -0.2) is 9.97 Å². The SMILES string of the molecule is Cc1c(C(C)Nc2ncnc3c2NC(=O)CS3)cnn1C. The van der Waals surface area contributed by atoms with Crippen molar-refractivity contribution >= 4 is 29.2 Å². The van der Waals surface area contributed by atoms with Gasteiger partial charge in [0, 0.05) is 18.3 Å². The number of carbonyl (C=O) groups excluding carboxylic acids is 1. The van der Waals surface area contributed by atoms with Gasteiger partial charge >= 0.3 is 0 Å². The van der Waals surface area contributed by atoms with Gasteiger partial charge < -0.3 is 10.6 Å². The number of carbonyl (C=O) groups is 1. The third-order valence-electron chi connectivity index (χ3n) is 3.51. The van der Waals surface area contributed by atoms with E-state index >= 15 is 0 Å². The summed E-state index contributed by atoms with van der Waals surface area (Å²) in [6.07, 6.45) is 3.35. The second kappa shape index (κ2) is 5.36. The van der Waals surface area contributed by atoms with Crippen molar-refractivity contribution in [1.29, 1.82) is 0 Å². The molecule has 1 aliphatic rings. The molecule has 0 aromatic carbocycles. The Hall–Kier alpha value is -2.09. The van der Waals surface area contributed by atoms with Crippen LogP contribution in [0.3, 0.4) is 0 Å². The molecule has 2 aromatic heterocycles. The molecule has 2 N–H and O–H groups in total. The number of aromatic nitrogens is 4. The fraction of sp³-hybridized carbons (Fsp3) is 0.385. The molecule has 7 nitrogen and oxygen atoms in total. The number of fused-ring (bicyclic) bond motifs is 1. The Balaban J connectivity index is 1.88. The van der Waals surface area contributed by atoms with Crippen molar-refractivity contribution in [2.75, 3.05) is 16.4 Å². The van der Waals surface area contributed by atoms with Crippen LogP contribution in [0, 0.1) is 6.92 Å². The lowest BCUT2D eigenvalue weighted by molar-refractivity contribution is -0.113. The Morgan fingerprint density at radius 1 is 1.48 bits per heavy atom. The largest absolute Gasteiger partial charge is 0.362 e. The number of thioether (sulfide) groups is 1. The minimum absolute atomic E-state index is 0.0292. The van der Waals surface area contributed by atoms with Crippen LogP contribution in [0.5, 0.6) is 0 Å². The summed E-state index contributed by atoms with van der Waals surface area (Å²) in [6.45, 7) is 4.06. The van der Waals surface area contributed by atoms with Gasteiger partial charge in [-0.15, -0.1) is 0 Å². The monoisotopic (exact) mass is 304 g/mol. The maximum atomic E-state index is 11.6. The molecule has 2 aromatic rings. The molecule has 0 bridgehead atoms. The lowest BCUT2D eigenvalue weighted by Crippen LogP contribution is -2.22. The topological polar surface area (TPSA) is 84.7 Å². The van der Waals surface area contributed by atoms with Crippen LogP contribution in [-0.4, -0.2) is 31.4 Å². The summed E-state index contributed by atoms with van der Waals surface area (Å²) < 4.78 is 1.83. The van der Waals surface area contributed by atoms with E-state index in [0.717, 1.165) is 16.3 Å². The zero-order valence-corrected chi connectivity index (χ0v) is 12.9. The second-order valence-electron chi connectivity index (χ2n) is 4.91. The standard InChI is InChI=1S/C13H16N6OS/c1-7(9-4-16-19(3)8(9)2)17-12-11-13(15-6-14-12)21-5-10(20)18-11/h4,6-7H,5H2,1-3H3,(H,18,20)(H,14,15,17). The third kappa shape index (κ3) is 2.58. The highest BCUT2D eigenvalue weighted by molar-refractivity contribution is 8.00. The quantitative estimate of drug-likeness (QED) is 0.840. The summed E-state index contributed by atoms with van der Waals surface area (Å²) >= 11 is 1.42. The van der Waals surface area contributed by atoms with E-state index in [1.54, 1.807) is 0 Å². The number of nitrogens with zero attached hydrogens (tertiary/aromatic N) is 4. The molecule has 8 heteroatoms. The van der Waals surface area contributed by atoms with E-state index in [1.807, 2.05) is 31.8 Å². The lowest BCUT2D eigenvalue weighted by Gasteiger charge is -2.21. The van der Waals surface area contributed by atoms with Gasteiger partial charge in [0.05, 0.1) is 18.0 Å². The number of anilines is 2. The highest BCUT2D eigenvalue weighted by atomic mass is 32.2. The molecule has 1 amide bonds. The molecule has 3 rings (SSSR count). The van der Waals surface area contributed by atoms with Crippen LogP contribution in [-0.2, 0) is 11.8 Å². The average Bonchev–Trinajstić information content (AvgIpc) is 2.80. The lowest BCUT2D eigenvalue weighted by atomic mass is 10.1. The molecule has 0 radical (unpaired) electrons. The van der Waals surface area contributed by atoms with Gasteiger partial charge in [-0.1, -0.05) is 11.8 Å². The van der Waals surface area contributed by atoms with Gasteiger partial charge in [-0.05, 0) is 13.8 Å². The molecule has 0 aliphatic carbocycles. The van der Waals surface area contributed by atoms with Crippen molar-refractivity contribution < 1.29 is 4.79 Å². The Labute approximate surface area is 126 Å². The smallest absolute Gasteiger partial charge is 0.234 e. The number of aryl methyl sites for hydroxylation is 1. The number of rotatable bonds is 3. The molecule has 0 saturated heterocycles. The highest BCUT2D eigenvalue weighted by Crippen LogP contribution is 2.35. The van der Waals surface area contributed by atoms with Crippen molar-refractivity contribution in [3.05, 3.63) is 23.8 Å². The summed E-state index contributed by atoms with van der Waals surface area (Å²) in [5, 5.41) is 11.2. The molecule has 3 heterocycles. The van der Waals surface area contributed by atoms with Gasteiger partial charge in [0.2, 0.25) is 5.91 Å². The van der Waals surface area contributed by atoms with Crippen LogP contribution in [0.2, 0.25) is 0 Å². The summed E-state index contributed by atoms with van der Waals surface area (Å²) in [4.78, 5) is 20.0. The van der Waals surface area contributed by atoms with Crippen molar-refractivity contribution in [3.8, 4) is 0 Å². The molecule has 1 atom stereocenters. The van der Waals surface area contributed by atoms with Crippen LogP contribution in [0.4, 0.5) is 11.5 Å². The minimum atomic E-state index is -0.0319. The Morgan fingerprint density at radius 3 is 3.00 bits per heavy atom. The molecule has 0 spiro atoms. The first-order chi connectivity index (χ1) is 10.1. The van der Waals surface area contributed by atoms with Gasteiger partial charge in [0.25, 0.3) is 0 Å². The van der Waals surface area contributed by atoms with Gasteiger partial charge in [0.15, 0.2) is 5.82 Å². The predicted molar refractivity (Wildman–Crippen MR) is 81.4 cm³/mol. The summed E-state index contributed by atoms with van der Waals surface area (Å²) in [6, 6.07) is 0.0292. The fourth-order valence-corrected chi connectivity index (χ4v) is 2.99. The van der Waals surface area contributed by atoms with Crippen molar-refractivity contribution in [2.24, 2.45) is 7.05 Å².